The molecule has 1 saturated carbocycles. The predicted octanol–water partition coefficient (Wildman–Crippen LogP) is 3.35. The van der Waals surface area contributed by atoms with Crippen molar-refractivity contribution in [1.29, 1.82) is 0 Å². The predicted molar refractivity (Wildman–Crippen MR) is 78.6 cm³/mol. The summed E-state index contributed by atoms with van der Waals surface area (Å²) in [6, 6.07) is 5.89. The number of ether oxygens (including phenoxy) is 2. The topological polar surface area (TPSA) is 70.5 Å². The molecule has 2 aromatic rings. The van der Waals surface area contributed by atoms with Crippen molar-refractivity contribution in [3.63, 3.8) is 0 Å². The van der Waals surface area contributed by atoms with Gasteiger partial charge in [0, 0.05) is 5.92 Å². The largest absolute Gasteiger partial charge is 0.486 e. The van der Waals surface area contributed by atoms with Gasteiger partial charge in [0.2, 0.25) is 5.88 Å². The molecule has 0 amide bonds. The van der Waals surface area contributed by atoms with E-state index in [0.29, 0.717) is 25.0 Å². The van der Waals surface area contributed by atoms with Crippen LogP contribution in [0.2, 0.25) is 0 Å². The van der Waals surface area contributed by atoms with Crippen molar-refractivity contribution in [3.8, 4) is 22.6 Å². The summed E-state index contributed by atoms with van der Waals surface area (Å²) in [7, 11) is 0. The molecule has 1 aliphatic carbocycles. The summed E-state index contributed by atoms with van der Waals surface area (Å²) in [4.78, 5) is 0. The Labute approximate surface area is 123 Å². The fourth-order valence-corrected chi connectivity index (χ4v) is 3.28. The van der Waals surface area contributed by atoms with Crippen molar-refractivity contribution >= 4 is 5.88 Å². The number of anilines is 1. The van der Waals surface area contributed by atoms with Crippen molar-refractivity contribution in [1.82, 2.24) is 5.16 Å². The molecule has 0 unspecified atom stereocenters. The van der Waals surface area contributed by atoms with Crippen LogP contribution in [-0.4, -0.2) is 18.4 Å². The van der Waals surface area contributed by atoms with Crippen molar-refractivity contribution in [2.45, 2.75) is 31.6 Å². The molecule has 2 aliphatic rings. The summed E-state index contributed by atoms with van der Waals surface area (Å²) < 4.78 is 16.5. The minimum Gasteiger partial charge on any atom is -0.486 e. The number of nitrogen functional groups attached to an aromatic ring is 1. The number of rotatable bonds is 2. The molecule has 5 nitrogen and oxygen atoms in total. The summed E-state index contributed by atoms with van der Waals surface area (Å²) in [5.74, 6) is 2.38. The molecule has 5 heteroatoms. The highest BCUT2D eigenvalue weighted by Crippen LogP contribution is 2.43. The number of benzene rings is 1. The van der Waals surface area contributed by atoms with Crippen LogP contribution in [0.1, 0.15) is 37.3 Å². The van der Waals surface area contributed by atoms with E-state index in [0.717, 1.165) is 41.2 Å². The van der Waals surface area contributed by atoms with E-state index in [1.807, 2.05) is 18.2 Å². The van der Waals surface area contributed by atoms with Crippen molar-refractivity contribution in [2.75, 3.05) is 18.9 Å². The van der Waals surface area contributed by atoms with E-state index in [1.165, 1.54) is 12.8 Å². The standard InChI is InChI=1S/C16H18N2O3/c17-16-14(15(18-21-16)10-3-1-2-4-10)11-5-6-12-13(9-11)20-8-7-19-12/h5-6,9-10H,1-4,7-8,17H2. The number of nitrogens with zero attached hydrogens (tertiary/aromatic N) is 1. The van der Waals surface area contributed by atoms with E-state index in [1.54, 1.807) is 0 Å². The molecule has 2 N–H and O–H groups in total. The zero-order valence-corrected chi connectivity index (χ0v) is 11.8. The van der Waals surface area contributed by atoms with Crippen LogP contribution in [-0.2, 0) is 0 Å². The number of hydrogen-bond acceptors (Lipinski definition) is 5. The molecule has 0 bridgehead atoms. The van der Waals surface area contributed by atoms with Crippen molar-refractivity contribution < 1.29 is 14.0 Å². The van der Waals surface area contributed by atoms with Crippen LogP contribution in [0.3, 0.4) is 0 Å². The minimum absolute atomic E-state index is 0.383. The molecule has 0 spiro atoms. The second-order valence-corrected chi connectivity index (χ2v) is 5.65. The third-order valence-corrected chi connectivity index (χ3v) is 4.32. The van der Waals surface area contributed by atoms with Gasteiger partial charge in [-0.25, -0.2) is 0 Å². The quantitative estimate of drug-likeness (QED) is 0.916. The zero-order chi connectivity index (χ0) is 14.2. The third kappa shape index (κ3) is 2.13. The third-order valence-electron chi connectivity index (χ3n) is 4.32. The lowest BCUT2D eigenvalue weighted by atomic mass is 9.95. The molecule has 0 saturated heterocycles. The zero-order valence-electron chi connectivity index (χ0n) is 11.8. The Morgan fingerprint density at radius 1 is 1.05 bits per heavy atom. The number of hydrogen-bond donors (Lipinski definition) is 1. The molecular formula is C16H18N2O3. The van der Waals surface area contributed by atoms with Crippen molar-refractivity contribution in [3.05, 3.63) is 23.9 Å². The lowest BCUT2D eigenvalue weighted by Crippen LogP contribution is -2.15. The van der Waals surface area contributed by atoms with Gasteiger partial charge in [-0.3, -0.25) is 0 Å². The van der Waals surface area contributed by atoms with E-state index in [-0.39, 0.29) is 0 Å². The molecule has 110 valence electrons. The lowest BCUT2D eigenvalue weighted by molar-refractivity contribution is 0.171. The van der Waals surface area contributed by atoms with Crippen LogP contribution in [0.15, 0.2) is 22.7 Å². The number of fused-ring (bicyclic) bond motifs is 1. The van der Waals surface area contributed by atoms with E-state index in [2.05, 4.69) is 5.16 Å². The second-order valence-electron chi connectivity index (χ2n) is 5.65. The fourth-order valence-electron chi connectivity index (χ4n) is 3.28. The summed E-state index contributed by atoms with van der Waals surface area (Å²) in [5, 5.41) is 4.21. The van der Waals surface area contributed by atoms with Gasteiger partial charge in [-0.2, -0.15) is 0 Å². The average Bonchev–Trinajstić information content (AvgIpc) is 3.16. The van der Waals surface area contributed by atoms with Gasteiger partial charge >= 0.3 is 0 Å². The van der Waals surface area contributed by atoms with E-state index in [9.17, 15) is 0 Å². The van der Waals surface area contributed by atoms with Gasteiger partial charge in [0.1, 0.15) is 13.2 Å². The first-order valence-corrected chi connectivity index (χ1v) is 7.48. The molecule has 1 aromatic heterocycles. The van der Waals surface area contributed by atoms with Gasteiger partial charge in [0.25, 0.3) is 0 Å². The van der Waals surface area contributed by atoms with E-state index < -0.39 is 0 Å². The Balaban J connectivity index is 1.77. The first-order chi connectivity index (χ1) is 10.3. The average molecular weight is 286 g/mol. The van der Waals surface area contributed by atoms with Gasteiger partial charge in [-0.1, -0.05) is 24.1 Å². The molecule has 2 heterocycles. The first-order valence-electron chi connectivity index (χ1n) is 7.48. The summed E-state index contributed by atoms with van der Waals surface area (Å²) in [6.07, 6.45) is 4.81. The van der Waals surface area contributed by atoms with Crippen LogP contribution in [0, 0.1) is 0 Å². The lowest BCUT2D eigenvalue weighted by Gasteiger charge is -2.19. The monoisotopic (exact) mass is 286 g/mol. The maximum Gasteiger partial charge on any atom is 0.230 e. The Hall–Kier alpha value is -2.17. The van der Waals surface area contributed by atoms with E-state index in [4.69, 9.17) is 19.7 Å². The van der Waals surface area contributed by atoms with Gasteiger partial charge in [0.15, 0.2) is 11.5 Å². The molecular weight excluding hydrogens is 268 g/mol. The molecule has 0 atom stereocenters. The van der Waals surface area contributed by atoms with Crippen LogP contribution in [0.25, 0.3) is 11.1 Å². The Kier molecular flexibility index (Phi) is 2.98. The number of aromatic nitrogens is 1. The normalized spacial score (nSPS) is 18.1. The second kappa shape index (κ2) is 4.98. The van der Waals surface area contributed by atoms with Crippen LogP contribution in [0.4, 0.5) is 5.88 Å². The number of nitrogens with two attached hydrogens (primary N) is 1. The highest BCUT2D eigenvalue weighted by molar-refractivity contribution is 5.77. The van der Waals surface area contributed by atoms with Crippen LogP contribution < -0.4 is 15.2 Å². The van der Waals surface area contributed by atoms with Gasteiger partial charge in [-0.15, -0.1) is 0 Å². The summed E-state index contributed by atoms with van der Waals surface area (Å²) >= 11 is 0. The summed E-state index contributed by atoms with van der Waals surface area (Å²) in [6.45, 7) is 1.17. The maximum atomic E-state index is 6.02. The SMILES string of the molecule is Nc1onc(C2CCCC2)c1-c1ccc2c(c1)OCCO2. The molecule has 1 fully saturated rings. The molecule has 1 aromatic carbocycles. The summed E-state index contributed by atoms with van der Waals surface area (Å²) in [5.41, 5.74) is 8.91. The first kappa shape index (κ1) is 12.6. The van der Waals surface area contributed by atoms with Crippen LogP contribution in [0.5, 0.6) is 11.5 Å². The highest BCUT2D eigenvalue weighted by atomic mass is 16.6. The molecule has 4 rings (SSSR count). The Bertz CT molecular complexity index is 660. The minimum atomic E-state index is 0.383. The molecule has 1 aliphatic heterocycles. The smallest absolute Gasteiger partial charge is 0.230 e. The Morgan fingerprint density at radius 3 is 2.62 bits per heavy atom. The van der Waals surface area contributed by atoms with Gasteiger partial charge in [0.05, 0.1) is 11.3 Å². The fraction of sp³-hybridized carbons (Fsp3) is 0.438. The molecule has 21 heavy (non-hydrogen) atoms. The van der Waals surface area contributed by atoms with Crippen molar-refractivity contribution in [2.24, 2.45) is 0 Å². The van der Waals surface area contributed by atoms with Gasteiger partial charge < -0.3 is 19.7 Å². The van der Waals surface area contributed by atoms with Gasteiger partial charge in [-0.05, 0) is 30.5 Å². The van der Waals surface area contributed by atoms with E-state index >= 15 is 0 Å². The highest BCUT2D eigenvalue weighted by Gasteiger charge is 2.27. The van der Waals surface area contributed by atoms with Crippen LogP contribution >= 0.6 is 0 Å². The Morgan fingerprint density at radius 2 is 1.81 bits per heavy atom. The molecule has 0 radical (unpaired) electrons. The maximum absolute atomic E-state index is 6.02.